The summed E-state index contributed by atoms with van der Waals surface area (Å²) in [6.45, 7) is 10.8. The highest BCUT2D eigenvalue weighted by Crippen LogP contribution is 2.17. The number of ether oxygens (including phenoxy) is 2. The van der Waals surface area contributed by atoms with Gasteiger partial charge in [0.05, 0.1) is 19.8 Å². The van der Waals surface area contributed by atoms with E-state index in [0.717, 1.165) is 13.2 Å². The van der Waals surface area contributed by atoms with Gasteiger partial charge in [0, 0.05) is 18.5 Å². The molecular formula is C16H26FNO2. The Balaban J connectivity index is 0.000000956. The summed E-state index contributed by atoms with van der Waals surface area (Å²) < 4.78 is 24.3. The Labute approximate surface area is 121 Å². The van der Waals surface area contributed by atoms with Crippen LogP contribution < -0.4 is 10.1 Å². The molecule has 2 rings (SSSR count). The zero-order valence-electron chi connectivity index (χ0n) is 12.9. The van der Waals surface area contributed by atoms with Crippen LogP contribution in [0.15, 0.2) is 18.2 Å². The molecule has 0 aromatic heterocycles. The first kappa shape index (κ1) is 16.9. The lowest BCUT2D eigenvalue weighted by molar-refractivity contribution is 0.0934. The van der Waals surface area contributed by atoms with Crippen molar-refractivity contribution in [1.82, 2.24) is 5.32 Å². The molecule has 1 aromatic carbocycles. The SMILES string of the molecule is CC.Cc1cc(OCC2CNC(C)COC2)ccc1F. The summed E-state index contributed by atoms with van der Waals surface area (Å²) in [7, 11) is 0. The smallest absolute Gasteiger partial charge is 0.126 e. The van der Waals surface area contributed by atoms with Crippen LogP contribution in [-0.2, 0) is 4.74 Å². The van der Waals surface area contributed by atoms with Gasteiger partial charge in [0.2, 0.25) is 0 Å². The second-order valence-electron chi connectivity index (χ2n) is 4.93. The van der Waals surface area contributed by atoms with Crippen LogP contribution in [0.4, 0.5) is 4.39 Å². The predicted molar refractivity (Wildman–Crippen MR) is 79.8 cm³/mol. The first-order chi connectivity index (χ1) is 9.65. The molecule has 2 atom stereocenters. The van der Waals surface area contributed by atoms with Gasteiger partial charge in [-0.2, -0.15) is 0 Å². The second-order valence-corrected chi connectivity index (χ2v) is 4.93. The molecule has 0 radical (unpaired) electrons. The van der Waals surface area contributed by atoms with Crippen molar-refractivity contribution in [3.8, 4) is 5.75 Å². The molecule has 3 nitrogen and oxygen atoms in total. The maximum atomic E-state index is 13.1. The van der Waals surface area contributed by atoms with Gasteiger partial charge in [-0.3, -0.25) is 0 Å². The van der Waals surface area contributed by atoms with E-state index in [4.69, 9.17) is 9.47 Å². The molecule has 4 heteroatoms. The van der Waals surface area contributed by atoms with Crippen LogP contribution in [0.3, 0.4) is 0 Å². The molecule has 2 unspecified atom stereocenters. The molecule has 0 bridgehead atoms. The van der Waals surface area contributed by atoms with Gasteiger partial charge in [0.15, 0.2) is 0 Å². The van der Waals surface area contributed by atoms with Gasteiger partial charge in [0.25, 0.3) is 0 Å². The lowest BCUT2D eigenvalue weighted by Gasteiger charge is -2.15. The van der Waals surface area contributed by atoms with Gasteiger partial charge < -0.3 is 14.8 Å². The molecular weight excluding hydrogens is 257 g/mol. The molecule has 1 N–H and O–H groups in total. The van der Waals surface area contributed by atoms with Gasteiger partial charge in [-0.1, -0.05) is 13.8 Å². The van der Waals surface area contributed by atoms with Gasteiger partial charge in [0.1, 0.15) is 11.6 Å². The highest BCUT2D eigenvalue weighted by Gasteiger charge is 2.16. The van der Waals surface area contributed by atoms with Crippen LogP contribution in [0.5, 0.6) is 5.75 Å². The Kier molecular flexibility index (Phi) is 7.55. The highest BCUT2D eigenvalue weighted by atomic mass is 19.1. The Bertz CT molecular complexity index is 398. The number of nitrogens with one attached hydrogen (secondary N) is 1. The third-order valence-corrected chi connectivity index (χ3v) is 3.09. The summed E-state index contributed by atoms with van der Waals surface area (Å²) in [5, 5.41) is 3.39. The Morgan fingerprint density at radius 2 is 2.10 bits per heavy atom. The van der Waals surface area contributed by atoms with Gasteiger partial charge in [-0.25, -0.2) is 4.39 Å². The van der Waals surface area contributed by atoms with E-state index in [2.05, 4.69) is 12.2 Å². The molecule has 114 valence electrons. The maximum Gasteiger partial charge on any atom is 0.126 e. The summed E-state index contributed by atoms with van der Waals surface area (Å²) in [6.07, 6.45) is 0. The monoisotopic (exact) mass is 283 g/mol. The summed E-state index contributed by atoms with van der Waals surface area (Å²) >= 11 is 0. The number of rotatable bonds is 3. The average Bonchev–Trinajstić information content (AvgIpc) is 2.67. The summed E-state index contributed by atoms with van der Waals surface area (Å²) in [4.78, 5) is 0. The number of hydrogen-bond acceptors (Lipinski definition) is 3. The maximum absolute atomic E-state index is 13.1. The van der Waals surface area contributed by atoms with E-state index in [0.29, 0.717) is 36.5 Å². The van der Waals surface area contributed by atoms with E-state index in [1.54, 1.807) is 19.1 Å². The number of aryl methyl sites for hydroxylation is 1. The molecule has 1 aromatic rings. The van der Waals surface area contributed by atoms with Crippen molar-refractivity contribution in [2.45, 2.75) is 33.7 Å². The first-order valence-electron chi connectivity index (χ1n) is 7.35. The average molecular weight is 283 g/mol. The van der Waals surface area contributed by atoms with E-state index < -0.39 is 0 Å². The van der Waals surface area contributed by atoms with Gasteiger partial charge in [-0.15, -0.1) is 0 Å². The van der Waals surface area contributed by atoms with E-state index >= 15 is 0 Å². The molecule has 0 amide bonds. The quantitative estimate of drug-likeness (QED) is 0.924. The molecule has 1 saturated heterocycles. The zero-order valence-corrected chi connectivity index (χ0v) is 12.9. The van der Waals surface area contributed by atoms with Crippen molar-refractivity contribution in [2.75, 3.05) is 26.4 Å². The van der Waals surface area contributed by atoms with Gasteiger partial charge >= 0.3 is 0 Å². The van der Waals surface area contributed by atoms with E-state index in [1.165, 1.54) is 6.07 Å². The third kappa shape index (κ3) is 5.47. The Morgan fingerprint density at radius 3 is 2.80 bits per heavy atom. The second kappa shape index (κ2) is 8.93. The Hall–Kier alpha value is -1.13. The minimum atomic E-state index is -0.198. The molecule has 20 heavy (non-hydrogen) atoms. The van der Waals surface area contributed by atoms with Crippen molar-refractivity contribution in [3.63, 3.8) is 0 Å². The topological polar surface area (TPSA) is 30.5 Å². The fraction of sp³-hybridized carbons (Fsp3) is 0.625. The van der Waals surface area contributed by atoms with Crippen LogP contribution in [-0.4, -0.2) is 32.4 Å². The lowest BCUT2D eigenvalue weighted by Crippen LogP contribution is -2.32. The van der Waals surface area contributed by atoms with Crippen LogP contribution >= 0.6 is 0 Å². The minimum absolute atomic E-state index is 0.198. The summed E-state index contributed by atoms with van der Waals surface area (Å²) in [6, 6.07) is 5.22. The van der Waals surface area contributed by atoms with Crippen molar-refractivity contribution in [3.05, 3.63) is 29.6 Å². The first-order valence-corrected chi connectivity index (χ1v) is 7.35. The Morgan fingerprint density at radius 1 is 1.35 bits per heavy atom. The fourth-order valence-corrected chi connectivity index (χ4v) is 1.93. The molecule has 0 spiro atoms. The van der Waals surface area contributed by atoms with Crippen LogP contribution in [0.25, 0.3) is 0 Å². The molecule has 1 fully saturated rings. The third-order valence-electron chi connectivity index (χ3n) is 3.09. The van der Waals surface area contributed by atoms with Crippen LogP contribution in [0.2, 0.25) is 0 Å². The normalized spacial score (nSPS) is 22.4. The molecule has 1 aliphatic rings. The standard InChI is InChI=1S/C14H20FNO2.C2H6/c1-10-5-13(3-4-14(10)15)18-9-12-6-16-11(2)7-17-8-12;1-2/h3-5,11-12,16H,6-9H2,1-2H3;1-2H3. The predicted octanol–water partition coefficient (Wildman–Crippen LogP) is 3.16. The number of benzene rings is 1. The van der Waals surface area contributed by atoms with Gasteiger partial charge in [-0.05, 0) is 37.6 Å². The van der Waals surface area contributed by atoms with Crippen molar-refractivity contribution in [1.29, 1.82) is 0 Å². The van der Waals surface area contributed by atoms with Crippen molar-refractivity contribution in [2.24, 2.45) is 5.92 Å². The summed E-state index contributed by atoms with van der Waals surface area (Å²) in [5.74, 6) is 0.849. The van der Waals surface area contributed by atoms with Crippen LogP contribution in [0.1, 0.15) is 26.3 Å². The highest BCUT2D eigenvalue weighted by molar-refractivity contribution is 5.28. The van der Waals surface area contributed by atoms with Crippen molar-refractivity contribution < 1.29 is 13.9 Å². The summed E-state index contributed by atoms with van der Waals surface area (Å²) in [5.41, 5.74) is 0.608. The van der Waals surface area contributed by atoms with Crippen molar-refractivity contribution >= 4 is 0 Å². The minimum Gasteiger partial charge on any atom is -0.493 e. The van der Waals surface area contributed by atoms with E-state index in [-0.39, 0.29) is 5.82 Å². The number of halogens is 1. The zero-order chi connectivity index (χ0) is 15.0. The molecule has 1 aliphatic heterocycles. The van der Waals surface area contributed by atoms with E-state index in [9.17, 15) is 4.39 Å². The molecule has 0 aliphatic carbocycles. The molecule has 1 heterocycles. The number of hydrogen-bond donors (Lipinski definition) is 1. The lowest BCUT2D eigenvalue weighted by atomic mass is 10.1. The fourth-order valence-electron chi connectivity index (χ4n) is 1.93. The molecule has 0 saturated carbocycles. The largest absolute Gasteiger partial charge is 0.493 e. The van der Waals surface area contributed by atoms with E-state index in [1.807, 2.05) is 13.8 Å². The van der Waals surface area contributed by atoms with Crippen LogP contribution in [0, 0.1) is 18.7 Å².